The smallest absolute Gasteiger partial charge is 0.240 e. The molecule has 0 aliphatic carbocycles. The first-order chi connectivity index (χ1) is 9.19. The number of nitrogens with zero attached hydrogens (tertiary/aromatic N) is 4. The number of hydrogen-bond donors (Lipinski definition) is 1. The third-order valence-corrected chi connectivity index (χ3v) is 2.85. The molecule has 0 fully saturated rings. The van der Waals surface area contributed by atoms with Crippen LogP contribution in [0.4, 0.5) is 5.82 Å². The van der Waals surface area contributed by atoms with E-state index in [1.807, 2.05) is 35.2 Å². The van der Waals surface area contributed by atoms with E-state index in [0.717, 1.165) is 11.1 Å². The summed E-state index contributed by atoms with van der Waals surface area (Å²) >= 11 is 0. The van der Waals surface area contributed by atoms with Crippen molar-refractivity contribution in [2.24, 2.45) is 0 Å². The van der Waals surface area contributed by atoms with Crippen molar-refractivity contribution in [1.29, 1.82) is 0 Å². The zero-order valence-corrected chi connectivity index (χ0v) is 10.7. The molecule has 0 aromatic carbocycles. The third kappa shape index (κ3) is 1.87. The number of methoxy groups -OCH3 is 1. The highest BCUT2D eigenvalue weighted by Gasteiger charge is 2.12. The minimum atomic E-state index is 0.422. The number of anilines is 1. The molecule has 0 aliphatic rings. The van der Waals surface area contributed by atoms with E-state index < -0.39 is 0 Å². The maximum absolute atomic E-state index is 5.93. The Morgan fingerprint density at radius 2 is 1.89 bits per heavy atom. The number of nitrogen functional groups attached to an aromatic ring is 1. The monoisotopic (exact) mass is 255 g/mol. The van der Waals surface area contributed by atoms with E-state index in [2.05, 4.69) is 15.0 Å². The second-order valence-electron chi connectivity index (χ2n) is 4.13. The van der Waals surface area contributed by atoms with Crippen LogP contribution in [0.25, 0.3) is 16.7 Å². The fourth-order valence-corrected chi connectivity index (χ4v) is 1.99. The normalized spacial score (nSPS) is 10.8. The first-order valence-corrected chi connectivity index (χ1v) is 5.81. The van der Waals surface area contributed by atoms with Crippen LogP contribution in [0.5, 0.6) is 5.88 Å². The first kappa shape index (κ1) is 11.5. The fraction of sp³-hybridized carbons (Fsp3) is 0.154. The Bertz CT molecular complexity index is 736. The van der Waals surface area contributed by atoms with Gasteiger partial charge in [0.2, 0.25) is 5.88 Å². The molecule has 0 aliphatic heterocycles. The van der Waals surface area contributed by atoms with Gasteiger partial charge in [0.1, 0.15) is 17.3 Å². The van der Waals surface area contributed by atoms with Gasteiger partial charge in [-0.3, -0.25) is 0 Å². The predicted octanol–water partition coefficient (Wildman–Crippen LogP) is 1.71. The maximum atomic E-state index is 5.93. The standard InChI is InChI=1S/C13H13N5O/c1-8-15-11(14)9-7-10(18-5-3-4-6-18)13(19-2)17-12(9)16-8/h3-7H,1-2H3,(H2,14,15,16,17). The number of hydrogen-bond acceptors (Lipinski definition) is 5. The summed E-state index contributed by atoms with van der Waals surface area (Å²) in [7, 11) is 1.58. The summed E-state index contributed by atoms with van der Waals surface area (Å²) in [5.74, 6) is 1.51. The van der Waals surface area contributed by atoms with Crippen LogP contribution in [0.2, 0.25) is 0 Å². The summed E-state index contributed by atoms with van der Waals surface area (Å²) in [5, 5.41) is 0.718. The Balaban J connectivity index is 2.34. The molecule has 3 rings (SSSR count). The van der Waals surface area contributed by atoms with Crippen molar-refractivity contribution in [1.82, 2.24) is 19.5 Å². The molecule has 6 nitrogen and oxygen atoms in total. The van der Waals surface area contributed by atoms with Crippen molar-refractivity contribution >= 4 is 16.9 Å². The lowest BCUT2D eigenvalue weighted by molar-refractivity contribution is 0.397. The van der Waals surface area contributed by atoms with E-state index in [1.54, 1.807) is 14.0 Å². The molecule has 0 saturated carbocycles. The fourth-order valence-electron chi connectivity index (χ4n) is 1.99. The van der Waals surface area contributed by atoms with Crippen LogP contribution in [0.15, 0.2) is 30.6 Å². The van der Waals surface area contributed by atoms with Crippen molar-refractivity contribution in [2.45, 2.75) is 6.92 Å². The number of ether oxygens (including phenoxy) is 1. The van der Waals surface area contributed by atoms with Crippen molar-refractivity contribution in [3.05, 3.63) is 36.4 Å². The Hall–Kier alpha value is -2.63. The van der Waals surface area contributed by atoms with E-state index >= 15 is 0 Å². The van der Waals surface area contributed by atoms with Crippen molar-refractivity contribution in [3.8, 4) is 11.6 Å². The number of aryl methyl sites for hydroxylation is 1. The van der Waals surface area contributed by atoms with Gasteiger partial charge < -0.3 is 15.0 Å². The van der Waals surface area contributed by atoms with Gasteiger partial charge in [-0.15, -0.1) is 0 Å². The average molecular weight is 255 g/mol. The largest absolute Gasteiger partial charge is 0.479 e. The summed E-state index contributed by atoms with van der Waals surface area (Å²) in [6, 6.07) is 5.74. The molecule has 0 radical (unpaired) electrons. The molecule has 0 atom stereocenters. The molecular formula is C13H13N5O. The quantitative estimate of drug-likeness (QED) is 0.754. The average Bonchev–Trinajstić information content (AvgIpc) is 2.91. The number of aromatic nitrogens is 4. The Morgan fingerprint density at radius 1 is 1.16 bits per heavy atom. The molecular weight excluding hydrogens is 242 g/mol. The molecule has 19 heavy (non-hydrogen) atoms. The van der Waals surface area contributed by atoms with Crippen LogP contribution >= 0.6 is 0 Å². The molecule has 2 N–H and O–H groups in total. The molecule has 3 aromatic rings. The van der Waals surface area contributed by atoms with Gasteiger partial charge in [0.05, 0.1) is 12.5 Å². The van der Waals surface area contributed by atoms with Crippen molar-refractivity contribution in [3.63, 3.8) is 0 Å². The minimum absolute atomic E-state index is 0.422. The number of nitrogens with two attached hydrogens (primary N) is 1. The molecule has 96 valence electrons. The lowest BCUT2D eigenvalue weighted by atomic mass is 10.2. The van der Waals surface area contributed by atoms with Crippen LogP contribution < -0.4 is 10.5 Å². The topological polar surface area (TPSA) is 78.8 Å². The molecule has 0 bridgehead atoms. The van der Waals surface area contributed by atoms with Crippen LogP contribution in [-0.2, 0) is 0 Å². The van der Waals surface area contributed by atoms with Crippen LogP contribution in [-0.4, -0.2) is 26.6 Å². The first-order valence-electron chi connectivity index (χ1n) is 5.81. The molecule has 3 heterocycles. The molecule has 0 spiro atoms. The van der Waals surface area contributed by atoms with Gasteiger partial charge in [0.15, 0.2) is 5.65 Å². The maximum Gasteiger partial charge on any atom is 0.240 e. The summed E-state index contributed by atoms with van der Waals surface area (Å²) < 4.78 is 7.23. The van der Waals surface area contributed by atoms with Gasteiger partial charge in [0.25, 0.3) is 0 Å². The second kappa shape index (κ2) is 4.24. The van der Waals surface area contributed by atoms with Crippen molar-refractivity contribution < 1.29 is 4.74 Å². The number of pyridine rings is 1. The summed E-state index contributed by atoms with van der Waals surface area (Å²) in [5.41, 5.74) is 7.27. The number of rotatable bonds is 2. The van der Waals surface area contributed by atoms with Gasteiger partial charge >= 0.3 is 0 Å². The molecule has 0 saturated heterocycles. The summed E-state index contributed by atoms with van der Waals surface area (Å²) in [6.07, 6.45) is 3.83. The minimum Gasteiger partial charge on any atom is -0.479 e. The SMILES string of the molecule is COc1nc2nc(C)nc(N)c2cc1-n1cccc1. The Morgan fingerprint density at radius 3 is 2.58 bits per heavy atom. The van der Waals surface area contributed by atoms with Gasteiger partial charge in [-0.1, -0.05) is 0 Å². The molecule has 0 unspecified atom stereocenters. The highest BCUT2D eigenvalue weighted by atomic mass is 16.5. The van der Waals surface area contributed by atoms with Crippen molar-refractivity contribution in [2.75, 3.05) is 12.8 Å². The van der Waals surface area contributed by atoms with E-state index in [-0.39, 0.29) is 0 Å². The van der Waals surface area contributed by atoms with Gasteiger partial charge in [-0.05, 0) is 25.1 Å². The molecule has 6 heteroatoms. The zero-order valence-electron chi connectivity index (χ0n) is 10.7. The van der Waals surface area contributed by atoms with Gasteiger partial charge in [-0.25, -0.2) is 9.97 Å². The highest BCUT2D eigenvalue weighted by molar-refractivity contribution is 5.87. The zero-order chi connectivity index (χ0) is 13.4. The van der Waals surface area contributed by atoms with Crippen LogP contribution in [0, 0.1) is 6.92 Å². The second-order valence-corrected chi connectivity index (χ2v) is 4.13. The third-order valence-electron chi connectivity index (χ3n) is 2.85. The van der Waals surface area contributed by atoms with Gasteiger partial charge in [0, 0.05) is 12.4 Å². The predicted molar refractivity (Wildman–Crippen MR) is 72.4 cm³/mol. The van der Waals surface area contributed by atoms with Crippen LogP contribution in [0.1, 0.15) is 5.82 Å². The van der Waals surface area contributed by atoms with E-state index in [4.69, 9.17) is 10.5 Å². The summed E-state index contributed by atoms with van der Waals surface area (Å²) in [6.45, 7) is 1.78. The molecule has 3 aromatic heterocycles. The lowest BCUT2D eigenvalue weighted by Crippen LogP contribution is -2.03. The Labute approximate surface area is 109 Å². The van der Waals surface area contributed by atoms with E-state index in [1.165, 1.54) is 0 Å². The van der Waals surface area contributed by atoms with Gasteiger partial charge in [-0.2, -0.15) is 4.98 Å². The van der Waals surface area contributed by atoms with Crippen LogP contribution in [0.3, 0.4) is 0 Å². The van der Waals surface area contributed by atoms with E-state index in [9.17, 15) is 0 Å². The van der Waals surface area contributed by atoms with E-state index in [0.29, 0.717) is 23.2 Å². The summed E-state index contributed by atoms with van der Waals surface area (Å²) in [4.78, 5) is 12.8. The Kier molecular flexibility index (Phi) is 2.56. The molecule has 0 amide bonds. The lowest BCUT2D eigenvalue weighted by Gasteiger charge is -2.11. The highest BCUT2D eigenvalue weighted by Crippen LogP contribution is 2.27. The number of fused-ring (bicyclic) bond motifs is 1.